The fourth-order valence-electron chi connectivity index (χ4n) is 2.80. The molecule has 0 aliphatic heterocycles. The van der Waals surface area contributed by atoms with Crippen molar-refractivity contribution in [3.63, 3.8) is 0 Å². The lowest BCUT2D eigenvalue weighted by atomic mass is 10.1. The van der Waals surface area contributed by atoms with Crippen molar-refractivity contribution in [1.82, 2.24) is 4.72 Å². The second-order valence-corrected chi connectivity index (χ2v) is 8.23. The van der Waals surface area contributed by atoms with Gasteiger partial charge in [-0.3, -0.25) is 0 Å². The summed E-state index contributed by atoms with van der Waals surface area (Å²) in [5.41, 5.74) is 1.44. The van der Waals surface area contributed by atoms with Crippen molar-refractivity contribution in [3.8, 4) is 0 Å². The molecule has 0 saturated carbocycles. The summed E-state index contributed by atoms with van der Waals surface area (Å²) >= 11 is 5.97. The van der Waals surface area contributed by atoms with Crippen LogP contribution in [0.5, 0.6) is 0 Å². The molecule has 0 atom stereocenters. The number of rotatable bonds is 5. The lowest BCUT2D eigenvalue weighted by molar-refractivity contribution is 0.582. The first-order valence-corrected chi connectivity index (χ1v) is 9.78. The quantitative estimate of drug-likeness (QED) is 0.708. The summed E-state index contributed by atoms with van der Waals surface area (Å²) in [5.74, 6) is -0.466. The zero-order valence-corrected chi connectivity index (χ0v) is 15.9. The largest absolute Gasteiger partial charge is 0.377 e. The highest BCUT2D eigenvalue weighted by atomic mass is 35.5. The van der Waals surface area contributed by atoms with Crippen LogP contribution < -0.4 is 9.62 Å². The van der Waals surface area contributed by atoms with Gasteiger partial charge in [-0.1, -0.05) is 41.9 Å². The summed E-state index contributed by atoms with van der Waals surface area (Å²) in [5, 5.41) is 1.66. The first kappa shape index (κ1) is 18.6. The number of hydrogen-bond donors (Lipinski definition) is 1. The number of halogens is 2. The Bertz CT molecular complexity index is 1070. The molecule has 0 aromatic heterocycles. The minimum Gasteiger partial charge on any atom is -0.377 e. The van der Waals surface area contributed by atoms with Crippen LogP contribution in [0.15, 0.2) is 59.5 Å². The van der Waals surface area contributed by atoms with E-state index in [4.69, 9.17) is 11.6 Å². The van der Waals surface area contributed by atoms with Crippen LogP contribution in [0.1, 0.15) is 5.56 Å². The monoisotopic (exact) mass is 392 g/mol. The minimum absolute atomic E-state index is 0.0226. The van der Waals surface area contributed by atoms with Crippen LogP contribution in [-0.4, -0.2) is 22.5 Å². The van der Waals surface area contributed by atoms with E-state index in [1.807, 2.05) is 37.2 Å². The van der Waals surface area contributed by atoms with E-state index in [2.05, 4.69) is 4.72 Å². The van der Waals surface area contributed by atoms with E-state index < -0.39 is 15.8 Å². The van der Waals surface area contributed by atoms with E-state index in [1.165, 1.54) is 12.1 Å². The first-order chi connectivity index (χ1) is 12.3. The third-order valence-electron chi connectivity index (χ3n) is 4.10. The zero-order chi connectivity index (χ0) is 18.9. The Hall–Kier alpha value is -2.15. The van der Waals surface area contributed by atoms with Crippen LogP contribution in [0.3, 0.4) is 0 Å². The summed E-state index contributed by atoms with van der Waals surface area (Å²) in [6.45, 7) is -0.0226. The van der Waals surface area contributed by atoms with Gasteiger partial charge in [0.1, 0.15) is 5.82 Å². The molecule has 0 heterocycles. The highest BCUT2D eigenvalue weighted by Gasteiger charge is 2.18. The maximum Gasteiger partial charge on any atom is 0.241 e. The van der Waals surface area contributed by atoms with Crippen molar-refractivity contribution < 1.29 is 12.8 Å². The molecule has 4 nitrogen and oxygen atoms in total. The Balaban J connectivity index is 1.98. The Morgan fingerprint density at radius 2 is 1.73 bits per heavy atom. The van der Waals surface area contributed by atoms with Gasteiger partial charge in [0.15, 0.2) is 0 Å². The molecule has 3 aromatic carbocycles. The van der Waals surface area contributed by atoms with Gasteiger partial charge in [-0.15, -0.1) is 0 Å². The third-order valence-corrected chi connectivity index (χ3v) is 5.91. The van der Waals surface area contributed by atoms with Crippen LogP contribution in [0.25, 0.3) is 10.8 Å². The Kier molecular flexibility index (Phi) is 5.18. The normalized spacial score (nSPS) is 11.7. The highest BCUT2D eigenvalue weighted by Crippen LogP contribution is 2.30. The third kappa shape index (κ3) is 3.67. The van der Waals surface area contributed by atoms with E-state index in [-0.39, 0.29) is 16.5 Å². The maximum absolute atomic E-state index is 13.1. The fourth-order valence-corrected chi connectivity index (χ4v) is 4.26. The van der Waals surface area contributed by atoms with Gasteiger partial charge in [0, 0.05) is 42.1 Å². The predicted octanol–water partition coefficient (Wildman–Crippen LogP) is 4.18. The van der Waals surface area contributed by atoms with Crippen LogP contribution in [0, 0.1) is 5.82 Å². The molecule has 3 aromatic rings. The van der Waals surface area contributed by atoms with E-state index in [1.54, 1.807) is 18.2 Å². The number of nitrogens with one attached hydrogen (secondary N) is 1. The number of benzene rings is 3. The first-order valence-electron chi connectivity index (χ1n) is 7.92. The molecule has 0 amide bonds. The summed E-state index contributed by atoms with van der Waals surface area (Å²) in [7, 11) is 0.0396. The van der Waals surface area contributed by atoms with Crippen LogP contribution in [-0.2, 0) is 16.6 Å². The number of sulfonamides is 1. The molecule has 0 aliphatic carbocycles. The van der Waals surface area contributed by atoms with Crippen molar-refractivity contribution in [2.24, 2.45) is 0 Å². The molecule has 0 bridgehead atoms. The van der Waals surface area contributed by atoms with E-state index in [9.17, 15) is 12.8 Å². The lowest BCUT2D eigenvalue weighted by Crippen LogP contribution is -2.23. The summed E-state index contributed by atoms with van der Waals surface area (Å²) in [6.07, 6.45) is 0. The smallest absolute Gasteiger partial charge is 0.241 e. The molecule has 136 valence electrons. The Morgan fingerprint density at radius 1 is 1.04 bits per heavy atom. The molecule has 0 saturated heterocycles. The second-order valence-electron chi connectivity index (χ2n) is 6.08. The van der Waals surface area contributed by atoms with Crippen LogP contribution in [0.2, 0.25) is 5.02 Å². The lowest BCUT2D eigenvalue weighted by Gasteiger charge is -2.17. The molecule has 0 aliphatic rings. The van der Waals surface area contributed by atoms with Crippen molar-refractivity contribution in [1.29, 1.82) is 0 Å². The Labute approximate surface area is 157 Å². The van der Waals surface area contributed by atoms with Gasteiger partial charge in [0.25, 0.3) is 0 Å². The van der Waals surface area contributed by atoms with Crippen molar-refractivity contribution >= 4 is 38.1 Å². The molecule has 0 fully saturated rings. The van der Waals surface area contributed by atoms with Gasteiger partial charge in [0.05, 0.1) is 4.90 Å². The highest BCUT2D eigenvalue weighted by molar-refractivity contribution is 7.89. The number of fused-ring (bicyclic) bond motifs is 1. The van der Waals surface area contributed by atoms with Gasteiger partial charge in [-0.2, -0.15) is 0 Å². The molecule has 0 radical (unpaired) electrons. The standard InChI is InChI=1S/C19H18ClFN2O2S/c1-23(2)18-7-3-6-16-15(18)5-4-8-19(16)26(24,25)22-12-13-9-10-14(21)11-17(13)20/h3-11,22H,12H2,1-2H3. The number of anilines is 1. The maximum atomic E-state index is 13.1. The van der Waals surface area contributed by atoms with Crippen molar-refractivity contribution in [3.05, 3.63) is 71.0 Å². The van der Waals surface area contributed by atoms with Gasteiger partial charge < -0.3 is 4.90 Å². The average molecular weight is 393 g/mol. The molecule has 1 N–H and O–H groups in total. The SMILES string of the molecule is CN(C)c1cccc2c(S(=O)(=O)NCc3ccc(F)cc3Cl)cccc12. The number of nitrogens with zero attached hydrogens (tertiary/aromatic N) is 1. The molecule has 0 spiro atoms. The molecule has 0 unspecified atom stereocenters. The number of hydrogen-bond acceptors (Lipinski definition) is 3. The van der Waals surface area contributed by atoms with Crippen molar-refractivity contribution in [2.75, 3.05) is 19.0 Å². The predicted molar refractivity (Wildman–Crippen MR) is 104 cm³/mol. The van der Waals surface area contributed by atoms with Crippen molar-refractivity contribution in [2.45, 2.75) is 11.4 Å². The summed E-state index contributed by atoms with van der Waals surface area (Å²) in [4.78, 5) is 2.13. The summed E-state index contributed by atoms with van der Waals surface area (Å²) < 4.78 is 41.4. The molecule has 3 rings (SSSR count). The topological polar surface area (TPSA) is 49.4 Å². The van der Waals surface area contributed by atoms with Crippen LogP contribution >= 0.6 is 11.6 Å². The zero-order valence-electron chi connectivity index (χ0n) is 14.3. The van der Waals surface area contributed by atoms with E-state index in [0.717, 1.165) is 17.1 Å². The second kappa shape index (κ2) is 7.23. The molecule has 26 heavy (non-hydrogen) atoms. The molecular formula is C19H18ClFN2O2S. The van der Waals surface area contributed by atoms with Gasteiger partial charge in [-0.05, 0) is 29.8 Å². The minimum atomic E-state index is -3.78. The van der Waals surface area contributed by atoms with Gasteiger partial charge in [-0.25, -0.2) is 17.5 Å². The van der Waals surface area contributed by atoms with Gasteiger partial charge >= 0.3 is 0 Å². The fraction of sp³-hybridized carbons (Fsp3) is 0.158. The Morgan fingerprint density at radius 3 is 2.42 bits per heavy atom. The van der Waals surface area contributed by atoms with E-state index >= 15 is 0 Å². The van der Waals surface area contributed by atoms with Crippen LogP contribution in [0.4, 0.5) is 10.1 Å². The summed E-state index contributed by atoms with van der Waals surface area (Å²) in [6, 6.07) is 14.6. The van der Waals surface area contributed by atoms with Gasteiger partial charge in [0.2, 0.25) is 10.0 Å². The average Bonchev–Trinajstić information content (AvgIpc) is 2.59. The van der Waals surface area contributed by atoms with E-state index in [0.29, 0.717) is 10.9 Å². The molecule has 7 heteroatoms. The molecular weight excluding hydrogens is 375 g/mol.